The van der Waals surface area contributed by atoms with Crippen molar-refractivity contribution >= 4 is 27.7 Å². The molecule has 0 radical (unpaired) electrons. The van der Waals surface area contributed by atoms with Crippen LogP contribution in [0.5, 0.6) is 0 Å². The minimum atomic E-state index is -0.466. The van der Waals surface area contributed by atoms with Gasteiger partial charge in [0.25, 0.3) is 0 Å². The first-order valence-corrected chi connectivity index (χ1v) is 6.74. The van der Waals surface area contributed by atoms with Crippen LogP contribution in [0.2, 0.25) is 0 Å². The molecule has 0 unspecified atom stereocenters. The van der Waals surface area contributed by atoms with Gasteiger partial charge in [0.1, 0.15) is 5.52 Å². The van der Waals surface area contributed by atoms with Gasteiger partial charge in [0.15, 0.2) is 5.69 Å². The Morgan fingerprint density at radius 1 is 1.40 bits per heavy atom. The maximum Gasteiger partial charge on any atom is 0.360 e. The molecule has 0 atom stereocenters. The molecular weight excluding hydrogens is 274 g/mol. The molecule has 0 saturated carbocycles. The van der Waals surface area contributed by atoms with Crippen molar-refractivity contribution in [2.45, 2.75) is 6.92 Å². The first-order valence-electron chi connectivity index (χ1n) is 5.96. The van der Waals surface area contributed by atoms with Gasteiger partial charge in [-0.05, 0) is 42.2 Å². The number of rotatable bonds is 2. The van der Waals surface area contributed by atoms with Gasteiger partial charge in [0.05, 0.1) is 17.5 Å². The van der Waals surface area contributed by atoms with Crippen molar-refractivity contribution in [1.82, 2.24) is 14.3 Å². The summed E-state index contributed by atoms with van der Waals surface area (Å²) in [7, 11) is 1.34. The molecule has 0 N–H and O–H groups in total. The molecule has 0 aliphatic rings. The zero-order valence-corrected chi connectivity index (χ0v) is 11.8. The molecular formula is C14H11N3O2S. The molecule has 0 bridgehead atoms. The zero-order chi connectivity index (χ0) is 14.1. The van der Waals surface area contributed by atoms with Crippen molar-refractivity contribution < 1.29 is 9.53 Å². The van der Waals surface area contributed by atoms with Gasteiger partial charge in [-0.1, -0.05) is 0 Å². The standard InChI is InChI=1S/C14H11N3O2S/c1-8-6-10(9-4-3-5-15-7-9)16-11-12(14(18)19-2)17-20-13(8)11/h3-7H,1-2H3. The van der Waals surface area contributed by atoms with E-state index in [0.29, 0.717) is 5.52 Å². The van der Waals surface area contributed by atoms with Gasteiger partial charge in [0, 0.05) is 18.0 Å². The summed E-state index contributed by atoms with van der Waals surface area (Å²) < 4.78 is 9.79. The van der Waals surface area contributed by atoms with Crippen molar-refractivity contribution in [3.05, 3.63) is 41.9 Å². The van der Waals surface area contributed by atoms with E-state index in [1.54, 1.807) is 12.4 Å². The minimum Gasteiger partial charge on any atom is -0.464 e. The molecule has 0 aliphatic heterocycles. The van der Waals surface area contributed by atoms with E-state index in [0.717, 1.165) is 21.5 Å². The molecule has 3 aromatic rings. The molecule has 0 aromatic carbocycles. The number of hydrogen-bond donors (Lipinski definition) is 0. The van der Waals surface area contributed by atoms with Crippen molar-refractivity contribution in [3.8, 4) is 11.3 Å². The van der Waals surface area contributed by atoms with Crippen molar-refractivity contribution in [3.63, 3.8) is 0 Å². The van der Waals surface area contributed by atoms with Crippen molar-refractivity contribution in [2.24, 2.45) is 0 Å². The Balaban J connectivity index is 2.24. The molecule has 6 heteroatoms. The van der Waals surface area contributed by atoms with Crippen LogP contribution in [-0.4, -0.2) is 27.4 Å². The van der Waals surface area contributed by atoms with Gasteiger partial charge in [-0.25, -0.2) is 9.78 Å². The molecule has 5 nitrogen and oxygen atoms in total. The Kier molecular flexibility index (Phi) is 3.15. The molecule has 0 spiro atoms. The van der Waals surface area contributed by atoms with E-state index in [9.17, 15) is 4.79 Å². The predicted octanol–water partition coefficient (Wildman–Crippen LogP) is 2.85. The van der Waals surface area contributed by atoms with Gasteiger partial charge in [-0.15, -0.1) is 0 Å². The fraction of sp³-hybridized carbons (Fsp3) is 0.143. The fourth-order valence-electron chi connectivity index (χ4n) is 1.96. The smallest absolute Gasteiger partial charge is 0.360 e. The van der Waals surface area contributed by atoms with Crippen LogP contribution in [0.1, 0.15) is 16.1 Å². The number of ether oxygens (including phenoxy) is 1. The Labute approximate surface area is 119 Å². The highest BCUT2D eigenvalue weighted by molar-refractivity contribution is 7.13. The molecule has 0 fully saturated rings. The van der Waals surface area contributed by atoms with Gasteiger partial charge in [-0.3, -0.25) is 4.98 Å². The second-order valence-electron chi connectivity index (χ2n) is 4.27. The molecule has 100 valence electrons. The Hall–Kier alpha value is -2.34. The van der Waals surface area contributed by atoms with Gasteiger partial charge in [0.2, 0.25) is 0 Å². The Bertz CT molecular complexity index is 784. The van der Waals surface area contributed by atoms with Crippen molar-refractivity contribution in [1.29, 1.82) is 0 Å². The molecule has 20 heavy (non-hydrogen) atoms. The van der Waals surface area contributed by atoms with E-state index in [2.05, 4.69) is 14.3 Å². The second-order valence-corrected chi connectivity index (χ2v) is 5.04. The summed E-state index contributed by atoms with van der Waals surface area (Å²) in [4.78, 5) is 20.3. The number of pyridine rings is 2. The fourth-order valence-corrected chi connectivity index (χ4v) is 2.74. The number of carbonyl (C=O) groups excluding carboxylic acids is 1. The van der Waals surface area contributed by atoms with Crippen LogP contribution in [0.4, 0.5) is 0 Å². The lowest BCUT2D eigenvalue weighted by Gasteiger charge is -2.03. The SMILES string of the molecule is COC(=O)c1nsc2c(C)cc(-c3cccnc3)nc12. The highest BCUT2D eigenvalue weighted by atomic mass is 32.1. The lowest BCUT2D eigenvalue weighted by atomic mass is 10.1. The summed E-state index contributed by atoms with van der Waals surface area (Å²) in [5.74, 6) is -0.466. The minimum absolute atomic E-state index is 0.265. The number of nitrogens with zero attached hydrogens (tertiary/aromatic N) is 3. The van der Waals surface area contributed by atoms with E-state index in [4.69, 9.17) is 4.74 Å². The number of methoxy groups -OCH3 is 1. The average molecular weight is 285 g/mol. The lowest BCUT2D eigenvalue weighted by Crippen LogP contribution is -2.02. The zero-order valence-electron chi connectivity index (χ0n) is 11.0. The summed E-state index contributed by atoms with van der Waals surface area (Å²) in [5, 5.41) is 0. The second kappa shape index (κ2) is 4.97. The lowest BCUT2D eigenvalue weighted by molar-refractivity contribution is 0.0597. The number of fused-ring (bicyclic) bond motifs is 1. The molecule has 3 heterocycles. The van der Waals surface area contributed by atoms with E-state index >= 15 is 0 Å². The van der Waals surface area contributed by atoms with Crippen LogP contribution >= 0.6 is 11.5 Å². The summed E-state index contributed by atoms with van der Waals surface area (Å²) in [6, 6.07) is 5.75. The highest BCUT2D eigenvalue weighted by Crippen LogP contribution is 2.28. The Morgan fingerprint density at radius 3 is 2.95 bits per heavy atom. The van der Waals surface area contributed by atoms with E-state index in [-0.39, 0.29) is 5.69 Å². The van der Waals surface area contributed by atoms with Crippen LogP contribution in [0.15, 0.2) is 30.6 Å². The van der Waals surface area contributed by atoms with E-state index in [1.165, 1.54) is 18.6 Å². The van der Waals surface area contributed by atoms with Crippen LogP contribution in [0, 0.1) is 6.92 Å². The first kappa shape index (κ1) is 12.7. The predicted molar refractivity (Wildman–Crippen MR) is 76.7 cm³/mol. The molecule has 0 amide bonds. The summed E-state index contributed by atoms with van der Waals surface area (Å²) in [6.07, 6.45) is 3.45. The summed E-state index contributed by atoms with van der Waals surface area (Å²) in [5.41, 5.74) is 3.55. The van der Waals surface area contributed by atoms with E-state index < -0.39 is 5.97 Å². The topological polar surface area (TPSA) is 65.0 Å². The number of carbonyl (C=O) groups is 1. The summed E-state index contributed by atoms with van der Waals surface area (Å²) >= 11 is 1.26. The highest BCUT2D eigenvalue weighted by Gasteiger charge is 2.18. The molecule has 0 aliphatic carbocycles. The normalized spacial score (nSPS) is 10.7. The number of esters is 1. The van der Waals surface area contributed by atoms with Crippen LogP contribution in [0.25, 0.3) is 21.5 Å². The van der Waals surface area contributed by atoms with Crippen LogP contribution < -0.4 is 0 Å². The van der Waals surface area contributed by atoms with E-state index in [1.807, 2.05) is 25.1 Å². The third-order valence-corrected chi connectivity index (χ3v) is 3.92. The average Bonchev–Trinajstić information content (AvgIpc) is 2.92. The van der Waals surface area contributed by atoms with Gasteiger partial charge in [-0.2, -0.15) is 4.37 Å². The van der Waals surface area contributed by atoms with Gasteiger partial charge < -0.3 is 4.74 Å². The largest absolute Gasteiger partial charge is 0.464 e. The maximum atomic E-state index is 11.7. The first-order chi connectivity index (χ1) is 9.70. The number of hydrogen-bond acceptors (Lipinski definition) is 6. The monoisotopic (exact) mass is 285 g/mol. The third-order valence-electron chi connectivity index (χ3n) is 2.95. The van der Waals surface area contributed by atoms with Crippen LogP contribution in [-0.2, 0) is 4.74 Å². The quantitative estimate of drug-likeness (QED) is 0.677. The number of aromatic nitrogens is 3. The molecule has 3 aromatic heterocycles. The Morgan fingerprint density at radius 2 is 2.25 bits per heavy atom. The molecule has 3 rings (SSSR count). The number of aryl methyl sites for hydroxylation is 1. The summed E-state index contributed by atoms with van der Waals surface area (Å²) in [6.45, 7) is 1.98. The third kappa shape index (κ3) is 2.04. The van der Waals surface area contributed by atoms with Crippen molar-refractivity contribution in [2.75, 3.05) is 7.11 Å². The van der Waals surface area contributed by atoms with Crippen LogP contribution in [0.3, 0.4) is 0 Å². The van der Waals surface area contributed by atoms with Gasteiger partial charge >= 0.3 is 5.97 Å². The maximum absolute atomic E-state index is 11.7. The molecule has 0 saturated heterocycles.